The summed E-state index contributed by atoms with van der Waals surface area (Å²) in [6.45, 7) is 7.57. The number of hydrogen-bond donors (Lipinski definition) is 1. The molecule has 0 heterocycles. The first-order valence-corrected chi connectivity index (χ1v) is 1.32. The number of carbonyl (C=O) groups is 1. The van der Waals surface area contributed by atoms with Crippen LogP contribution in [0, 0.1) is 6.92 Å². The lowest BCUT2D eigenvalue weighted by Crippen LogP contribution is -1.92. The van der Waals surface area contributed by atoms with Crippen LogP contribution in [0.4, 0.5) is 0 Å². The van der Waals surface area contributed by atoms with E-state index in [-0.39, 0.29) is 5.57 Å². The first-order chi connectivity index (χ1) is 2.64. The van der Waals surface area contributed by atoms with Crippen LogP contribution in [-0.4, -0.2) is 11.1 Å². The molecule has 0 unspecified atom stereocenters. The minimum Gasteiger partial charge on any atom is -0.478 e. The van der Waals surface area contributed by atoms with E-state index in [0.717, 1.165) is 0 Å². The Bertz CT molecular complexity index is 71.5. The molecule has 6 heavy (non-hydrogen) atoms. The SMILES string of the molecule is [CH]C(=C)C(=O)O. The molecule has 0 bridgehead atoms. The van der Waals surface area contributed by atoms with E-state index in [9.17, 15) is 4.79 Å². The van der Waals surface area contributed by atoms with Gasteiger partial charge < -0.3 is 5.11 Å². The lowest BCUT2D eigenvalue weighted by molar-refractivity contribution is -0.132. The maximum Gasteiger partial charge on any atom is 0.331 e. The maximum absolute atomic E-state index is 9.47. The molecule has 0 saturated carbocycles. The van der Waals surface area contributed by atoms with E-state index < -0.39 is 5.97 Å². The molecule has 0 saturated heterocycles. The zero-order chi connectivity index (χ0) is 5.15. The quantitative estimate of drug-likeness (QED) is 0.465. The van der Waals surface area contributed by atoms with Crippen LogP contribution < -0.4 is 0 Å². The molecule has 0 amide bonds. The third kappa shape index (κ3) is 1.52. The molecule has 0 atom stereocenters. The highest BCUT2D eigenvalue weighted by molar-refractivity contribution is 5.86. The highest BCUT2D eigenvalue weighted by atomic mass is 16.4. The summed E-state index contributed by atoms with van der Waals surface area (Å²) >= 11 is 0. The minimum atomic E-state index is -1.16. The van der Waals surface area contributed by atoms with Crippen molar-refractivity contribution in [1.29, 1.82) is 0 Å². The molecule has 1 N–H and O–H groups in total. The van der Waals surface area contributed by atoms with Crippen LogP contribution in [0.5, 0.6) is 0 Å². The third-order valence-electron chi connectivity index (χ3n) is 0.275. The van der Waals surface area contributed by atoms with Crippen LogP contribution in [0.2, 0.25) is 0 Å². The number of carboxylic acids is 1. The first kappa shape index (κ1) is 5.21. The van der Waals surface area contributed by atoms with Gasteiger partial charge >= 0.3 is 5.97 Å². The molecular formula is C4H4O2. The summed E-state index contributed by atoms with van der Waals surface area (Å²) < 4.78 is 0. The standard InChI is InChI=1S/C4H4O2/c1-3(2)4(5)6/h1H,2H2,(H,5,6). The highest BCUT2D eigenvalue weighted by Crippen LogP contribution is 1.80. The van der Waals surface area contributed by atoms with E-state index >= 15 is 0 Å². The molecule has 2 radical (unpaired) electrons. The van der Waals surface area contributed by atoms with Crippen molar-refractivity contribution < 1.29 is 9.90 Å². The van der Waals surface area contributed by atoms with E-state index in [2.05, 4.69) is 13.5 Å². The fourth-order valence-corrected chi connectivity index (χ4v) is 0. The van der Waals surface area contributed by atoms with Gasteiger partial charge in [0.25, 0.3) is 0 Å². The Labute approximate surface area is 36.1 Å². The average Bonchev–Trinajstić information content (AvgIpc) is 1.36. The fraction of sp³-hybridized carbons (Fsp3) is 0. The molecule has 0 rings (SSSR count). The topological polar surface area (TPSA) is 37.3 Å². The Morgan fingerprint density at radius 3 is 2.00 bits per heavy atom. The zero-order valence-corrected chi connectivity index (χ0v) is 3.14. The van der Waals surface area contributed by atoms with E-state index in [1.54, 1.807) is 0 Å². The maximum atomic E-state index is 9.47. The van der Waals surface area contributed by atoms with Crippen molar-refractivity contribution in [2.75, 3.05) is 0 Å². The van der Waals surface area contributed by atoms with E-state index in [0.29, 0.717) is 0 Å². The summed E-state index contributed by atoms with van der Waals surface area (Å²) in [5, 5.41) is 7.77. The molecule has 0 aromatic heterocycles. The van der Waals surface area contributed by atoms with Crippen molar-refractivity contribution >= 4 is 5.97 Å². The van der Waals surface area contributed by atoms with Crippen LogP contribution in [0.1, 0.15) is 0 Å². The van der Waals surface area contributed by atoms with E-state index in [1.807, 2.05) is 0 Å². The van der Waals surface area contributed by atoms with Crippen molar-refractivity contribution in [1.82, 2.24) is 0 Å². The summed E-state index contributed by atoms with van der Waals surface area (Å²) in [5.74, 6) is -1.16. The van der Waals surface area contributed by atoms with Crippen LogP contribution >= 0.6 is 0 Å². The fourth-order valence-electron chi connectivity index (χ4n) is 0. The smallest absolute Gasteiger partial charge is 0.331 e. The van der Waals surface area contributed by atoms with Crippen LogP contribution in [0.25, 0.3) is 0 Å². The molecular weight excluding hydrogens is 80.0 g/mol. The molecule has 0 aromatic carbocycles. The second-order valence-corrected chi connectivity index (χ2v) is 0.830. The van der Waals surface area contributed by atoms with Crippen LogP contribution in [-0.2, 0) is 4.79 Å². The van der Waals surface area contributed by atoms with Crippen molar-refractivity contribution in [3.63, 3.8) is 0 Å². The second-order valence-electron chi connectivity index (χ2n) is 0.830. The van der Waals surface area contributed by atoms with E-state index in [4.69, 9.17) is 5.11 Å². The van der Waals surface area contributed by atoms with Crippen molar-refractivity contribution in [3.8, 4) is 0 Å². The normalized spacial score (nSPS) is 7.50. The second kappa shape index (κ2) is 1.60. The zero-order valence-electron chi connectivity index (χ0n) is 3.14. The van der Waals surface area contributed by atoms with Gasteiger partial charge in [0, 0.05) is 12.5 Å². The van der Waals surface area contributed by atoms with Gasteiger partial charge in [-0.3, -0.25) is 0 Å². The van der Waals surface area contributed by atoms with E-state index in [1.165, 1.54) is 0 Å². The molecule has 32 valence electrons. The predicted molar refractivity (Wildman–Crippen MR) is 21.1 cm³/mol. The third-order valence-corrected chi connectivity index (χ3v) is 0.275. The van der Waals surface area contributed by atoms with Gasteiger partial charge in [-0.1, -0.05) is 6.58 Å². The number of hydrogen-bond acceptors (Lipinski definition) is 1. The van der Waals surface area contributed by atoms with Gasteiger partial charge in [0.15, 0.2) is 0 Å². The van der Waals surface area contributed by atoms with Crippen molar-refractivity contribution in [2.24, 2.45) is 0 Å². The summed E-state index contributed by atoms with van der Waals surface area (Å²) in [6, 6.07) is 0. The van der Waals surface area contributed by atoms with Crippen LogP contribution in [0.15, 0.2) is 12.2 Å². The Kier molecular flexibility index (Phi) is 1.39. The molecule has 0 fully saturated rings. The lowest BCUT2D eigenvalue weighted by Gasteiger charge is -1.79. The lowest BCUT2D eigenvalue weighted by atomic mass is 10.4. The van der Waals surface area contributed by atoms with Gasteiger partial charge in [-0.25, -0.2) is 4.79 Å². The molecule has 0 aliphatic rings. The molecule has 2 heteroatoms. The first-order valence-electron chi connectivity index (χ1n) is 1.32. The summed E-state index contributed by atoms with van der Waals surface area (Å²) in [5.41, 5.74) is -0.324. The Morgan fingerprint density at radius 2 is 2.00 bits per heavy atom. The van der Waals surface area contributed by atoms with Gasteiger partial charge in [-0.05, 0) is 0 Å². The van der Waals surface area contributed by atoms with Gasteiger partial charge in [0.05, 0.1) is 0 Å². The summed E-state index contributed by atoms with van der Waals surface area (Å²) in [7, 11) is 0. The van der Waals surface area contributed by atoms with Gasteiger partial charge in [-0.2, -0.15) is 0 Å². The molecule has 2 nitrogen and oxygen atoms in total. The Morgan fingerprint density at radius 1 is 1.83 bits per heavy atom. The van der Waals surface area contributed by atoms with Crippen molar-refractivity contribution in [2.45, 2.75) is 0 Å². The monoisotopic (exact) mass is 84.0 g/mol. The minimum absolute atomic E-state index is 0.324. The highest BCUT2D eigenvalue weighted by Gasteiger charge is 1.90. The van der Waals surface area contributed by atoms with Crippen LogP contribution in [0.3, 0.4) is 0 Å². The molecule has 0 aromatic rings. The number of rotatable bonds is 1. The van der Waals surface area contributed by atoms with Gasteiger partial charge in [0.2, 0.25) is 0 Å². The average molecular weight is 84.1 g/mol. The largest absolute Gasteiger partial charge is 0.478 e. The molecule has 0 aliphatic heterocycles. The Hall–Kier alpha value is -0.790. The number of aliphatic carboxylic acids is 1. The summed E-state index contributed by atoms with van der Waals surface area (Å²) in [4.78, 5) is 9.47. The summed E-state index contributed by atoms with van der Waals surface area (Å²) in [6.07, 6.45) is 0. The van der Waals surface area contributed by atoms with Gasteiger partial charge in [-0.15, -0.1) is 0 Å². The molecule has 0 spiro atoms. The number of carboxylic acid groups (broad SMARTS) is 1. The molecule has 0 aliphatic carbocycles. The Balaban J connectivity index is 3.57. The van der Waals surface area contributed by atoms with Crippen molar-refractivity contribution in [3.05, 3.63) is 19.1 Å². The predicted octanol–water partition coefficient (Wildman–Crippen LogP) is 0.338. The van der Waals surface area contributed by atoms with Gasteiger partial charge in [0.1, 0.15) is 0 Å².